The summed E-state index contributed by atoms with van der Waals surface area (Å²) in [5.74, 6) is 0. The van der Waals surface area contributed by atoms with Crippen LogP contribution in [0.15, 0.2) is 18.3 Å². The van der Waals surface area contributed by atoms with Gasteiger partial charge in [-0.2, -0.15) is 0 Å². The molecule has 1 aromatic heterocycles. The molecule has 0 unspecified atom stereocenters. The smallest absolute Gasteiger partial charge is 0.0979 e. The van der Waals surface area contributed by atoms with Crippen LogP contribution in [0.2, 0.25) is 0 Å². The van der Waals surface area contributed by atoms with E-state index in [9.17, 15) is 0 Å². The van der Waals surface area contributed by atoms with Crippen molar-refractivity contribution in [3.63, 3.8) is 0 Å². The molecule has 0 aliphatic carbocycles. The summed E-state index contributed by atoms with van der Waals surface area (Å²) in [6, 6.07) is 4.32. The molecule has 0 radical (unpaired) electrons. The van der Waals surface area contributed by atoms with Gasteiger partial charge in [0.05, 0.1) is 17.5 Å². The molecule has 4 nitrogen and oxygen atoms in total. The summed E-state index contributed by atoms with van der Waals surface area (Å²) < 4.78 is 5.88. The molecule has 112 valence electrons. The number of methoxy groups -OCH3 is 1. The molecule has 0 bridgehead atoms. The highest BCUT2D eigenvalue weighted by Crippen LogP contribution is 2.28. The Hall–Kier alpha value is -1.13. The predicted octanol–water partition coefficient (Wildman–Crippen LogP) is 2.19. The average Bonchev–Trinajstić information content (AvgIpc) is 2.47. The first kappa shape index (κ1) is 15.3. The van der Waals surface area contributed by atoms with Crippen LogP contribution < -0.4 is 4.90 Å². The van der Waals surface area contributed by atoms with E-state index in [2.05, 4.69) is 47.9 Å². The van der Waals surface area contributed by atoms with Crippen LogP contribution in [-0.4, -0.2) is 56.3 Å². The minimum Gasteiger partial charge on any atom is -0.375 e. The zero-order chi connectivity index (χ0) is 14.6. The Morgan fingerprint density at radius 3 is 2.75 bits per heavy atom. The van der Waals surface area contributed by atoms with Gasteiger partial charge in [-0.1, -0.05) is 6.92 Å². The number of hydrogen-bond donors (Lipinski definition) is 0. The monoisotopic (exact) mass is 277 g/mol. The highest BCUT2D eigenvalue weighted by Gasteiger charge is 2.36. The lowest BCUT2D eigenvalue weighted by atomic mass is 9.91. The molecule has 0 saturated carbocycles. The molecule has 1 aromatic rings. The van der Waals surface area contributed by atoms with Gasteiger partial charge in [-0.25, -0.2) is 0 Å². The fourth-order valence-electron chi connectivity index (χ4n) is 3.07. The largest absolute Gasteiger partial charge is 0.375 e. The van der Waals surface area contributed by atoms with E-state index in [1.165, 1.54) is 5.69 Å². The zero-order valence-corrected chi connectivity index (χ0v) is 13.2. The highest BCUT2D eigenvalue weighted by molar-refractivity contribution is 5.45. The molecule has 1 fully saturated rings. The fourth-order valence-corrected chi connectivity index (χ4v) is 3.07. The van der Waals surface area contributed by atoms with Crippen LogP contribution in [0.1, 0.15) is 25.5 Å². The van der Waals surface area contributed by atoms with Crippen LogP contribution in [0.25, 0.3) is 0 Å². The number of hydrogen-bond acceptors (Lipinski definition) is 4. The number of piperidine rings is 1. The van der Waals surface area contributed by atoms with Crippen LogP contribution in [0.5, 0.6) is 0 Å². The Balaban J connectivity index is 2.12. The van der Waals surface area contributed by atoms with Crippen molar-refractivity contribution in [2.45, 2.75) is 31.8 Å². The fraction of sp³-hybridized carbons (Fsp3) is 0.688. The summed E-state index contributed by atoms with van der Waals surface area (Å²) in [6.07, 6.45) is 5.28. The van der Waals surface area contributed by atoms with E-state index in [0.29, 0.717) is 0 Å². The number of rotatable bonds is 5. The maximum atomic E-state index is 5.88. The number of aryl methyl sites for hydroxylation is 1. The van der Waals surface area contributed by atoms with Crippen molar-refractivity contribution in [3.8, 4) is 0 Å². The zero-order valence-electron chi connectivity index (χ0n) is 13.2. The van der Waals surface area contributed by atoms with Crippen molar-refractivity contribution in [2.75, 3.05) is 45.7 Å². The Kier molecular flexibility index (Phi) is 5.00. The molecule has 2 rings (SSSR count). The Morgan fingerprint density at radius 2 is 2.20 bits per heavy atom. The normalized spacial score (nSPS) is 23.4. The minimum atomic E-state index is -0.0643. The third-order valence-electron chi connectivity index (χ3n) is 4.11. The molecule has 0 N–H and O–H groups in total. The summed E-state index contributed by atoms with van der Waals surface area (Å²) in [5, 5.41) is 0. The summed E-state index contributed by atoms with van der Waals surface area (Å²) in [7, 11) is 6.06. The first-order valence-corrected chi connectivity index (χ1v) is 7.48. The third-order valence-corrected chi connectivity index (χ3v) is 4.11. The molecule has 0 aromatic carbocycles. The molecular formula is C16H27N3O. The van der Waals surface area contributed by atoms with Crippen molar-refractivity contribution in [1.29, 1.82) is 0 Å². The van der Waals surface area contributed by atoms with Gasteiger partial charge in [0.2, 0.25) is 0 Å². The molecule has 1 saturated heterocycles. The van der Waals surface area contributed by atoms with Crippen LogP contribution in [0.3, 0.4) is 0 Å². The van der Waals surface area contributed by atoms with Gasteiger partial charge in [0.25, 0.3) is 0 Å². The van der Waals surface area contributed by atoms with Gasteiger partial charge in [0.15, 0.2) is 0 Å². The SMILES string of the molecule is CCc1ccc(N2CCC[C@](CN(C)C)(OC)C2)cn1. The molecule has 1 aliphatic rings. The molecule has 1 aliphatic heterocycles. The van der Waals surface area contributed by atoms with E-state index in [4.69, 9.17) is 4.74 Å². The maximum absolute atomic E-state index is 5.88. The van der Waals surface area contributed by atoms with E-state index in [0.717, 1.165) is 44.6 Å². The van der Waals surface area contributed by atoms with Gasteiger partial charge in [-0.3, -0.25) is 4.98 Å². The maximum Gasteiger partial charge on any atom is 0.0979 e. The lowest BCUT2D eigenvalue weighted by Gasteiger charge is -2.44. The lowest BCUT2D eigenvalue weighted by molar-refractivity contribution is -0.0372. The lowest BCUT2D eigenvalue weighted by Crippen LogP contribution is -2.54. The van der Waals surface area contributed by atoms with Gasteiger partial charge in [0, 0.05) is 32.4 Å². The molecule has 0 spiro atoms. The second kappa shape index (κ2) is 6.55. The van der Waals surface area contributed by atoms with Crippen molar-refractivity contribution >= 4 is 5.69 Å². The molecular weight excluding hydrogens is 250 g/mol. The van der Waals surface area contributed by atoms with Crippen molar-refractivity contribution in [3.05, 3.63) is 24.0 Å². The molecule has 1 atom stereocenters. The summed E-state index contributed by atoms with van der Waals surface area (Å²) in [5.41, 5.74) is 2.30. The number of ether oxygens (including phenoxy) is 1. The highest BCUT2D eigenvalue weighted by atomic mass is 16.5. The van der Waals surface area contributed by atoms with Gasteiger partial charge < -0.3 is 14.5 Å². The quantitative estimate of drug-likeness (QED) is 0.825. The van der Waals surface area contributed by atoms with E-state index in [-0.39, 0.29) is 5.60 Å². The summed E-state index contributed by atoms with van der Waals surface area (Å²) >= 11 is 0. The first-order valence-electron chi connectivity index (χ1n) is 7.48. The van der Waals surface area contributed by atoms with E-state index in [1.807, 2.05) is 13.3 Å². The van der Waals surface area contributed by atoms with Gasteiger partial charge in [0.1, 0.15) is 0 Å². The van der Waals surface area contributed by atoms with E-state index >= 15 is 0 Å². The van der Waals surface area contributed by atoms with Crippen LogP contribution in [0.4, 0.5) is 5.69 Å². The summed E-state index contributed by atoms with van der Waals surface area (Å²) in [6.45, 7) is 5.12. The number of likely N-dealkylation sites (N-methyl/N-ethyl adjacent to an activating group) is 1. The predicted molar refractivity (Wildman–Crippen MR) is 83.4 cm³/mol. The van der Waals surface area contributed by atoms with Crippen LogP contribution in [-0.2, 0) is 11.2 Å². The molecule has 4 heteroatoms. The molecule has 20 heavy (non-hydrogen) atoms. The molecule has 2 heterocycles. The van der Waals surface area contributed by atoms with Gasteiger partial charge in [-0.15, -0.1) is 0 Å². The average molecular weight is 277 g/mol. The minimum absolute atomic E-state index is 0.0643. The molecule has 0 amide bonds. The number of pyridine rings is 1. The second-order valence-corrected chi connectivity index (χ2v) is 6.01. The van der Waals surface area contributed by atoms with E-state index in [1.54, 1.807) is 0 Å². The van der Waals surface area contributed by atoms with Crippen LogP contribution >= 0.6 is 0 Å². The first-order chi connectivity index (χ1) is 9.58. The van der Waals surface area contributed by atoms with Crippen LogP contribution in [0, 0.1) is 0 Å². The Labute approximate surface area is 122 Å². The summed E-state index contributed by atoms with van der Waals surface area (Å²) in [4.78, 5) is 9.13. The van der Waals surface area contributed by atoms with E-state index < -0.39 is 0 Å². The number of nitrogens with zero attached hydrogens (tertiary/aromatic N) is 3. The van der Waals surface area contributed by atoms with Gasteiger partial charge >= 0.3 is 0 Å². The van der Waals surface area contributed by atoms with Gasteiger partial charge in [-0.05, 0) is 45.5 Å². The second-order valence-electron chi connectivity index (χ2n) is 6.01. The Bertz CT molecular complexity index is 418. The van der Waals surface area contributed by atoms with Crippen molar-refractivity contribution in [2.24, 2.45) is 0 Å². The van der Waals surface area contributed by atoms with Crippen molar-refractivity contribution < 1.29 is 4.74 Å². The third kappa shape index (κ3) is 3.49. The standard InChI is InChI=1S/C16H27N3O/c1-5-14-7-8-15(11-17-14)19-10-6-9-16(13-19,20-4)12-18(2)3/h7-8,11H,5-6,9-10,12-13H2,1-4H3/t16-/m1/s1. The number of aromatic nitrogens is 1. The Morgan fingerprint density at radius 1 is 1.40 bits per heavy atom. The number of anilines is 1. The van der Waals surface area contributed by atoms with Crippen molar-refractivity contribution in [1.82, 2.24) is 9.88 Å². The topological polar surface area (TPSA) is 28.6 Å².